The third-order valence-corrected chi connectivity index (χ3v) is 2.91. The number of fused-ring (bicyclic) bond motifs is 1. The van der Waals surface area contributed by atoms with E-state index in [-0.39, 0.29) is 5.97 Å². The normalized spacial score (nSPS) is 16.3. The van der Waals surface area contributed by atoms with E-state index in [1.165, 1.54) is 0 Å². The Labute approximate surface area is 110 Å². The van der Waals surface area contributed by atoms with Gasteiger partial charge >= 0.3 is 5.97 Å². The van der Waals surface area contributed by atoms with Gasteiger partial charge in [-0.3, -0.25) is 5.43 Å². The molecule has 0 amide bonds. The molecule has 1 aliphatic heterocycles. The molecular formula is C15H12N2O2. The summed E-state index contributed by atoms with van der Waals surface area (Å²) in [4.78, 5) is 12.2. The standard InChI is InChI=1S/C15H12N2O2/c18-15(19-12-7-2-1-3-8-12)14-13-9-5-4-6-11(13)10-16-17-14/h1-10,14,17H. The maximum Gasteiger partial charge on any atom is 0.340 e. The van der Waals surface area contributed by atoms with Gasteiger partial charge in [-0.2, -0.15) is 5.10 Å². The highest BCUT2D eigenvalue weighted by atomic mass is 16.5. The Morgan fingerprint density at radius 2 is 1.79 bits per heavy atom. The van der Waals surface area contributed by atoms with Crippen molar-refractivity contribution in [3.05, 3.63) is 65.7 Å². The first-order valence-corrected chi connectivity index (χ1v) is 5.99. The monoisotopic (exact) mass is 252 g/mol. The second kappa shape index (κ2) is 4.94. The fourth-order valence-corrected chi connectivity index (χ4v) is 1.99. The summed E-state index contributed by atoms with van der Waals surface area (Å²) in [6.07, 6.45) is 1.70. The fraction of sp³-hybridized carbons (Fsp3) is 0.0667. The molecule has 19 heavy (non-hydrogen) atoms. The van der Waals surface area contributed by atoms with Gasteiger partial charge in [-0.15, -0.1) is 0 Å². The van der Waals surface area contributed by atoms with Crippen LogP contribution in [0.5, 0.6) is 5.75 Å². The lowest BCUT2D eigenvalue weighted by Crippen LogP contribution is -2.32. The molecule has 0 bridgehead atoms. The fourth-order valence-electron chi connectivity index (χ4n) is 1.99. The van der Waals surface area contributed by atoms with Crippen LogP contribution in [0.25, 0.3) is 0 Å². The average Bonchev–Trinajstić information content (AvgIpc) is 2.47. The van der Waals surface area contributed by atoms with Gasteiger partial charge in [0.15, 0.2) is 6.04 Å². The second-order valence-electron chi connectivity index (χ2n) is 4.18. The minimum atomic E-state index is -0.568. The molecule has 1 unspecified atom stereocenters. The summed E-state index contributed by atoms with van der Waals surface area (Å²) < 4.78 is 5.34. The van der Waals surface area contributed by atoms with E-state index in [1.807, 2.05) is 42.5 Å². The molecule has 0 fully saturated rings. The zero-order chi connectivity index (χ0) is 13.1. The van der Waals surface area contributed by atoms with Gasteiger partial charge in [0.25, 0.3) is 0 Å². The quantitative estimate of drug-likeness (QED) is 0.659. The molecular weight excluding hydrogens is 240 g/mol. The number of benzene rings is 2. The lowest BCUT2D eigenvalue weighted by molar-refractivity contribution is -0.137. The van der Waals surface area contributed by atoms with Crippen molar-refractivity contribution in [1.82, 2.24) is 5.43 Å². The number of hydrazone groups is 1. The summed E-state index contributed by atoms with van der Waals surface area (Å²) in [6, 6.07) is 16.1. The van der Waals surface area contributed by atoms with Crippen LogP contribution in [0, 0.1) is 0 Å². The topological polar surface area (TPSA) is 50.7 Å². The zero-order valence-corrected chi connectivity index (χ0v) is 10.1. The van der Waals surface area contributed by atoms with Crippen LogP contribution in [-0.4, -0.2) is 12.2 Å². The van der Waals surface area contributed by atoms with Crippen molar-refractivity contribution in [2.45, 2.75) is 6.04 Å². The molecule has 1 aliphatic rings. The molecule has 0 saturated heterocycles. The summed E-state index contributed by atoms with van der Waals surface area (Å²) in [6.45, 7) is 0. The van der Waals surface area contributed by atoms with Crippen molar-refractivity contribution in [3.63, 3.8) is 0 Å². The number of nitrogens with one attached hydrogen (secondary N) is 1. The third-order valence-electron chi connectivity index (χ3n) is 2.91. The van der Waals surface area contributed by atoms with Crippen LogP contribution in [0.1, 0.15) is 17.2 Å². The summed E-state index contributed by atoms with van der Waals surface area (Å²) in [5.74, 6) is 0.164. The van der Waals surface area contributed by atoms with E-state index in [0.717, 1.165) is 11.1 Å². The Morgan fingerprint density at radius 1 is 1.05 bits per heavy atom. The molecule has 0 spiro atoms. The zero-order valence-electron chi connectivity index (χ0n) is 10.1. The lowest BCUT2D eigenvalue weighted by Gasteiger charge is -2.20. The predicted octanol–water partition coefficient (Wildman–Crippen LogP) is 2.27. The highest BCUT2D eigenvalue weighted by Crippen LogP contribution is 2.22. The van der Waals surface area contributed by atoms with Crippen molar-refractivity contribution >= 4 is 12.2 Å². The summed E-state index contributed by atoms with van der Waals surface area (Å²) >= 11 is 0. The smallest absolute Gasteiger partial charge is 0.340 e. The molecule has 2 aromatic rings. The summed E-state index contributed by atoms with van der Waals surface area (Å²) in [5, 5.41) is 3.99. The van der Waals surface area contributed by atoms with Crippen LogP contribution in [0.3, 0.4) is 0 Å². The first-order valence-electron chi connectivity index (χ1n) is 5.99. The van der Waals surface area contributed by atoms with E-state index in [9.17, 15) is 4.79 Å². The van der Waals surface area contributed by atoms with Crippen molar-refractivity contribution in [2.75, 3.05) is 0 Å². The Kier molecular flexibility index (Phi) is 2.98. The Bertz CT molecular complexity index is 623. The molecule has 94 valence electrons. The SMILES string of the molecule is O=C(Oc1ccccc1)C1NN=Cc2ccccc21. The van der Waals surface area contributed by atoms with Gasteiger partial charge in [-0.25, -0.2) is 4.79 Å². The van der Waals surface area contributed by atoms with Crippen LogP contribution in [-0.2, 0) is 4.79 Å². The molecule has 0 aliphatic carbocycles. The molecule has 1 heterocycles. The number of hydrogen-bond acceptors (Lipinski definition) is 4. The molecule has 1 N–H and O–H groups in total. The number of para-hydroxylation sites is 1. The van der Waals surface area contributed by atoms with E-state index in [4.69, 9.17) is 4.74 Å². The number of esters is 1. The van der Waals surface area contributed by atoms with E-state index in [1.54, 1.807) is 18.3 Å². The van der Waals surface area contributed by atoms with E-state index < -0.39 is 6.04 Å². The summed E-state index contributed by atoms with van der Waals surface area (Å²) in [7, 11) is 0. The van der Waals surface area contributed by atoms with Crippen molar-refractivity contribution in [2.24, 2.45) is 5.10 Å². The molecule has 4 heteroatoms. The van der Waals surface area contributed by atoms with Crippen LogP contribution < -0.4 is 10.2 Å². The predicted molar refractivity (Wildman–Crippen MR) is 72.0 cm³/mol. The van der Waals surface area contributed by atoms with Crippen LogP contribution in [0.4, 0.5) is 0 Å². The van der Waals surface area contributed by atoms with Gasteiger partial charge < -0.3 is 4.74 Å². The number of hydrogen-bond donors (Lipinski definition) is 1. The molecule has 3 rings (SSSR count). The number of carbonyl (C=O) groups is 1. The third kappa shape index (κ3) is 2.33. The first-order chi connectivity index (χ1) is 9.34. The number of rotatable bonds is 2. The maximum atomic E-state index is 12.2. The van der Waals surface area contributed by atoms with Gasteiger partial charge in [0.2, 0.25) is 0 Å². The molecule has 4 nitrogen and oxygen atoms in total. The van der Waals surface area contributed by atoms with Gasteiger partial charge in [0.1, 0.15) is 5.75 Å². The van der Waals surface area contributed by atoms with Crippen molar-refractivity contribution < 1.29 is 9.53 Å². The summed E-state index contributed by atoms with van der Waals surface area (Å²) in [5.41, 5.74) is 4.59. The Balaban J connectivity index is 1.83. The molecule has 0 radical (unpaired) electrons. The number of ether oxygens (including phenoxy) is 1. The lowest BCUT2D eigenvalue weighted by atomic mass is 10.0. The van der Waals surface area contributed by atoms with Gasteiger partial charge in [-0.05, 0) is 17.7 Å². The molecule has 1 atom stereocenters. The molecule has 0 aromatic heterocycles. The second-order valence-corrected chi connectivity index (χ2v) is 4.18. The minimum absolute atomic E-state index is 0.365. The van der Waals surface area contributed by atoms with Gasteiger partial charge in [0, 0.05) is 5.56 Å². The number of carbonyl (C=O) groups excluding carboxylic acids is 1. The van der Waals surface area contributed by atoms with Crippen molar-refractivity contribution in [3.8, 4) is 5.75 Å². The Morgan fingerprint density at radius 3 is 2.63 bits per heavy atom. The van der Waals surface area contributed by atoms with Crippen LogP contribution in [0.15, 0.2) is 59.7 Å². The average molecular weight is 252 g/mol. The van der Waals surface area contributed by atoms with Crippen molar-refractivity contribution in [1.29, 1.82) is 0 Å². The maximum absolute atomic E-state index is 12.2. The van der Waals surface area contributed by atoms with Gasteiger partial charge in [0.05, 0.1) is 6.21 Å². The minimum Gasteiger partial charge on any atom is -0.425 e. The van der Waals surface area contributed by atoms with Gasteiger partial charge in [-0.1, -0.05) is 42.5 Å². The highest BCUT2D eigenvalue weighted by molar-refractivity contribution is 5.89. The first kappa shape index (κ1) is 11.5. The molecule has 0 saturated carbocycles. The van der Waals surface area contributed by atoms with Crippen LogP contribution >= 0.6 is 0 Å². The van der Waals surface area contributed by atoms with E-state index in [0.29, 0.717) is 5.75 Å². The van der Waals surface area contributed by atoms with E-state index >= 15 is 0 Å². The van der Waals surface area contributed by atoms with Crippen LogP contribution in [0.2, 0.25) is 0 Å². The largest absolute Gasteiger partial charge is 0.425 e. The highest BCUT2D eigenvalue weighted by Gasteiger charge is 2.26. The number of nitrogens with zero attached hydrogens (tertiary/aromatic N) is 1. The molecule has 2 aromatic carbocycles. The Hall–Kier alpha value is -2.62. The van der Waals surface area contributed by atoms with E-state index in [2.05, 4.69) is 10.5 Å².